The summed E-state index contributed by atoms with van der Waals surface area (Å²) in [6, 6.07) is 13.8. The Morgan fingerprint density at radius 2 is 1.71 bits per heavy atom. The van der Waals surface area contributed by atoms with Gasteiger partial charge in [0.15, 0.2) is 0 Å². The third-order valence-electron chi connectivity index (χ3n) is 7.60. The number of nitrogens with one attached hydrogen (secondary N) is 1. The van der Waals surface area contributed by atoms with Crippen LogP contribution in [-0.4, -0.2) is 18.8 Å². The Balaban J connectivity index is 0.00000231. The van der Waals surface area contributed by atoms with E-state index in [2.05, 4.69) is 29.6 Å². The maximum Gasteiger partial charge on any atom is 0.426 e. The van der Waals surface area contributed by atoms with Gasteiger partial charge in [-0.15, -0.1) is 12.4 Å². The van der Waals surface area contributed by atoms with Crippen molar-refractivity contribution in [3.63, 3.8) is 0 Å². The van der Waals surface area contributed by atoms with Gasteiger partial charge in [-0.2, -0.15) is 13.2 Å². The Bertz CT molecular complexity index is 949. The summed E-state index contributed by atoms with van der Waals surface area (Å²) in [6.45, 7) is 1.52. The molecule has 3 atom stereocenters. The molecule has 31 heavy (non-hydrogen) atoms. The fraction of sp³-hybridized carbons (Fsp3) is 0.520. The second-order valence-electron chi connectivity index (χ2n) is 9.52. The second kappa shape index (κ2) is 7.77. The van der Waals surface area contributed by atoms with Crippen LogP contribution in [0.25, 0.3) is 0 Å². The van der Waals surface area contributed by atoms with E-state index in [4.69, 9.17) is 0 Å². The molecule has 3 aliphatic rings. The third kappa shape index (κ3) is 3.78. The highest BCUT2D eigenvalue weighted by atomic mass is 35.5. The largest absolute Gasteiger partial charge is 0.426 e. The van der Waals surface area contributed by atoms with E-state index in [1.165, 1.54) is 36.1 Å². The van der Waals surface area contributed by atoms with E-state index >= 15 is 0 Å². The predicted octanol–water partition coefficient (Wildman–Crippen LogP) is 6.52. The summed E-state index contributed by atoms with van der Waals surface area (Å²) in [6.07, 6.45) is 0.971. The molecule has 1 saturated heterocycles. The van der Waals surface area contributed by atoms with E-state index in [1.54, 1.807) is 6.07 Å². The van der Waals surface area contributed by atoms with Crippen molar-refractivity contribution in [3.05, 3.63) is 70.3 Å². The van der Waals surface area contributed by atoms with Crippen LogP contribution in [0.15, 0.2) is 42.5 Å². The maximum absolute atomic E-state index is 14.6. The van der Waals surface area contributed by atoms with Gasteiger partial charge in [-0.25, -0.2) is 4.39 Å². The smallest absolute Gasteiger partial charge is 0.313 e. The van der Waals surface area contributed by atoms with Gasteiger partial charge in [0.2, 0.25) is 5.67 Å². The zero-order valence-corrected chi connectivity index (χ0v) is 18.4. The number of alkyl halides is 4. The first-order valence-electron chi connectivity index (χ1n) is 10.9. The van der Waals surface area contributed by atoms with Gasteiger partial charge in [-0.1, -0.05) is 42.5 Å². The van der Waals surface area contributed by atoms with Gasteiger partial charge in [0.25, 0.3) is 0 Å². The lowest BCUT2D eigenvalue weighted by molar-refractivity contribution is -0.228. The van der Waals surface area contributed by atoms with Crippen LogP contribution < -0.4 is 5.32 Å². The first kappa shape index (κ1) is 22.6. The molecule has 1 heterocycles. The summed E-state index contributed by atoms with van der Waals surface area (Å²) in [4.78, 5) is 0. The van der Waals surface area contributed by atoms with Crippen LogP contribution in [0, 0.1) is 0 Å². The van der Waals surface area contributed by atoms with Crippen molar-refractivity contribution in [3.8, 4) is 0 Å². The van der Waals surface area contributed by atoms with E-state index in [1.807, 2.05) is 0 Å². The highest BCUT2D eigenvalue weighted by Crippen LogP contribution is 2.48. The van der Waals surface area contributed by atoms with E-state index in [0.29, 0.717) is 19.4 Å². The lowest BCUT2D eigenvalue weighted by Gasteiger charge is -2.42. The number of hydrogen-bond acceptors (Lipinski definition) is 1. The molecule has 1 aliphatic heterocycles. The van der Waals surface area contributed by atoms with Crippen LogP contribution in [0.4, 0.5) is 17.6 Å². The number of aryl methyl sites for hydroxylation is 1. The normalized spacial score (nSPS) is 27.1. The van der Waals surface area contributed by atoms with E-state index in [0.717, 1.165) is 42.9 Å². The fourth-order valence-corrected chi connectivity index (χ4v) is 5.58. The lowest BCUT2D eigenvalue weighted by Crippen LogP contribution is -2.46. The Kier molecular flexibility index (Phi) is 5.66. The Morgan fingerprint density at radius 1 is 1.00 bits per heavy atom. The molecule has 1 nitrogen and oxygen atoms in total. The molecule has 168 valence electrons. The number of fused-ring (bicyclic) bond motifs is 3. The van der Waals surface area contributed by atoms with E-state index in [-0.39, 0.29) is 23.4 Å². The molecular formula is C25H28ClF4N. The van der Waals surface area contributed by atoms with Crippen LogP contribution in [0.5, 0.6) is 0 Å². The molecule has 6 heteroatoms. The molecule has 2 aromatic rings. The van der Waals surface area contributed by atoms with Crippen molar-refractivity contribution < 1.29 is 17.6 Å². The number of hydrogen-bond donors (Lipinski definition) is 1. The van der Waals surface area contributed by atoms with Crippen LogP contribution in [0.1, 0.15) is 66.3 Å². The summed E-state index contributed by atoms with van der Waals surface area (Å²) in [5.41, 5.74) is 0.863. The van der Waals surface area contributed by atoms with Crippen LogP contribution >= 0.6 is 12.4 Å². The van der Waals surface area contributed by atoms with Crippen molar-refractivity contribution in [1.29, 1.82) is 0 Å². The number of benzene rings is 2. The minimum Gasteiger partial charge on any atom is -0.313 e. The van der Waals surface area contributed by atoms with Gasteiger partial charge in [-0.3, -0.25) is 0 Å². The van der Waals surface area contributed by atoms with E-state index < -0.39 is 11.8 Å². The lowest BCUT2D eigenvalue weighted by atomic mass is 9.63. The molecule has 3 unspecified atom stereocenters. The van der Waals surface area contributed by atoms with Crippen LogP contribution in [-0.2, 0) is 23.9 Å². The Morgan fingerprint density at radius 3 is 2.35 bits per heavy atom. The SMILES string of the molecule is CC(F)(c1ccc2c(c1)CCC1NCCC21Cc1ccc(C2CC2)cc1)C(F)(F)F.Cl. The molecule has 0 bridgehead atoms. The first-order valence-corrected chi connectivity index (χ1v) is 10.9. The number of halogens is 5. The summed E-state index contributed by atoms with van der Waals surface area (Å²) in [7, 11) is 0. The summed E-state index contributed by atoms with van der Waals surface area (Å²) in [5.74, 6) is 0.718. The Hall–Kier alpha value is -1.59. The topological polar surface area (TPSA) is 12.0 Å². The number of rotatable bonds is 4. The average Bonchev–Trinajstić information content (AvgIpc) is 3.47. The van der Waals surface area contributed by atoms with E-state index in [9.17, 15) is 17.6 Å². The molecule has 1 N–H and O–H groups in total. The van der Waals surface area contributed by atoms with Crippen molar-refractivity contribution >= 4 is 12.4 Å². The standard InChI is InChI=1S/C25H27F4N.ClH/c1-23(26,25(27,28)29)20-9-10-21-19(14-20)8-11-22-24(21,12-13-30-22)15-16-2-4-17(5-3-16)18-6-7-18;/h2-5,9-10,14,18,22,30H,6-8,11-13,15H2,1H3;1H. The van der Waals surface area contributed by atoms with Gasteiger partial charge >= 0.3 is 6.18 Å². The minimum absolute atomic E-state index is 0. The first-order chi connectivity index (χ1) is 14.2. The maximum atomic E-state index is 14.6. The highest BCUT2D eigenvalue weighted by molar-refractivity contribution is 5.85. The van der Waals surface area contributed by atoms with Crippen molar-refractivity contribution in [2.45, 2.75) is 74.7 Å². The monoisotopic (exact) mass is 453 g/mol. The second-order valence-corrected chi connectivity index (χ2v) is 9.52. The fourth-order valence-electron chi connectivity index (χ4n) is 5.58. The summed E-state index contributed by atoms with van der Waals surface area (Å²) in [5, 5.41) is 3.62. The molecule has 2 aliphatic carbocycles. The third-order valence-corrected chi connectivity index (χ3v) is 7.60. The molecule has 5 rings (SSSR count). The zero-order chi connectivity index (χ0) is 21.1. The molecule has 0 aromatic heterocycles. The minimum atomic E-state index is -4.92. The van der Waals surface area contributed by atoms with Crippen molar-refractivity contribution in [1.82, 2.24) is 5.32 Å². The molecular weight excluding hydrogens is 426 g/mol. The quantitative estimate of drug-likeness (QED) is 0.519. The molecule has 1 saturated carbocycles. The molecule has 0 spiro atoms. The van der Waals surface area contributed by atoms with Gasteiger partial charge < -0.3 is 5.32 Å². The van der Waals surface area contributed by atoms with Gasteiger partial charge in [-0.05, 0) is 85.7 Å². The zero-order valence-electron chi connectivity index (χ0n) is 17.6. The van der Waals surface area contributed by atoms with Crippen molar-refractivity contribution in [2.24, 2.45) is 0 Å². The van der Waals surface area contributed by atoms with Crippen molar-refractivity contribution in [2.75, 3.05) is 6.54 Å². The molecule has 2 aromatic carbocycles. The van der Waals surface area contributed by atoms with Crippen LogP contribution in [0.3, 0.4) is 0 Å². The molecule has 2 fully saturated rings. The van der Waals surface area contributed by atoms with Gasteiger partial charge in [0.1, 0.15) is 0 Å². The highest BCUT2D eigenvalue weighted by Gasteiger charge is 2.54. The average molecular weight is 454 g/mol. The molecule has 0 amide bonds. The Labute approximate surface area is 187 Å². The van der Waals surface area contributed by atoms with Gasteiger partial charge in [0, 0.05) is 11.5 Å². The predicted molar refractivity (Wildman–Crippen MR) is 117 cm³/mol. The van der Waals surface area contributed by atoms with Crippen LogP contribution in [0.2, 0.25) is 0 Å². The van der Waals surface area contributed by atoms with Gasteiger partial charge in [0.05, 0.1) is 0 Å². The molecule has 0 radical (unpaired) electrons. The summed E-state index contributed by atoms with van der Waals surface area (Å²) >= 11 is 0. The summed E-state index contributed by atoms with van der Waals surface area (Å²) < 4.78 is 54.3.